The topological polar surface area (TPSA) is 78.1 Å². The molecule has 1 amide bonds. The Hall–Kier alpha value is -3.71. The van der Waals surface area contributed by atoms with Crippen molar-refractivity contribution in [2.24, 2.45) is 18.9 Å². The van der Waals surface area contributed by atoms with Gasteiger partial charge in [-0.25, -0.2) is 0 Å². The first kappa shape index (κ1) is 27.5. The number of likely N-dealkylation sites (tertiary alicyclic amines) is 1. The molecule has 0 spiro atoms. The Kier molecular flexibility index (Phi) is 6.89. The molecule has 1 atom stereocenters. The Morgan fingerprint density at radius 2 is 2.00 bits per heavy atom. The maximum Gasteiger partial charge on any atom is 0.416 e. The lowest BCUT2D eigenvalue weighted by Crippen LogP contribution is -2.43. The Labute approximate surface area is 237 Å². The molecular weight excluding hydrogens is 529 g/mol. The fourth-order valence-corrected chi connectivity index (χ4v) is 6.94. The van der Waals surface area contributed by atoms with Gasteiger partial charge in [-0.15, -0.1) is 10.2 Å². The molecule has 10 heteroatoms. The second kappa shape index (κ2) is 10.3. The molecule has 0 bridgehead atoms. The van der Waals surface area contributed by atoms with Crippen LogP contribution in [0.2, 0.25) is 0 Å². The van der Waals surface area contributed by atoms with Crippen LogP contribution >= 0.6 is 0 Å². The molecule has 1 aliphatic carbocycles. The summed E-state index contributed by atoms with van der Waals surface area (Å²) in [5.41, 5.74) is 1.11. The van der Waals surface area contributed by atoms with Gasteiger partial charge in [0.15, 0.2) is 0 Å². The molecule has 1 saturated heterocycles. The summed E-state index contributed by atoms with van der Waals surface area (Å²) in [5.74, 6) is 0.796. The highest BCUT2D eigenvalue weighted by molar-refractivity contribution is 6.10. The van der Waals surface area contributed by atoms with Gasteiger partial charge in [-0.2, -0.15) is 18.4 Å². The number of benzene rings is 2. The van der Waals surface area contributed by atoms with Gasteiger partial charge in [-0.05, 0) is 79.1 Å². The number of hydrogen-bond acceptors (Lipinski definition) is 5. The summed E-state index contributed by atoms with van der Waals surface area (Å²) in [5, 5.41) is 17.7. The summed E-state index contributed by atoms with van der Waals surface area (Å²) in [6, 6.07) is 12.7. The number of carbonyl (C=O) groups is 1. The van der Waals surface area contributed by atoms with Gasteiger partial charge in [0.25, 0.3) is 5.91 Å². The minimum Gasteiger partial charge on any atom is -0.321 e. The van der Waals surface area contributed by atoms with Gasteiger partial charge in [0.05, 0.1) is 18.2 Å². The van der Waals surface area contributed by atoms with Crippen LogP contribution < -0.4 is 4.90 Å². The van der Waals surface area contributed by atoms with E-state index in [0.29, 0.717) is 43.0 Å². The molecule has 0 unspecified atom stereocenters. The number of hydrogen-bond donors (Lipinski definition) is 0. The van der Waals surface area contributed by atoms with Crippen LogP contribution in [0.4, 0.5) is 18.9 Å². The average molecular weight is 563 g/mol. The molecule has 6 rings (SSSR count). The van der Waals surface area contributed by atoms with Gasteiger partial charge in [0.1, 0.15) is 12.2 Å². The lowest BCUT2D eigenvalue weighted by Gasteiger charge is -2.45. The number of halogens is 3. The van der Waals surface area contributed by atoms with Crippen LogP contribution in [0.25, 0.3) is 0 Å². The number of piperidine rings is 1. The van der Waals surface area contributed by atoms with E-state index in [-0.39, 0.29) is 29.0 Å². The number of rotatable bonds is 6. The zero-order valence-electron chi connectivity index (χ0n) is 23.3. The van der Waals surface area contributed by atoms with Crippen molar-refractivity contribution in [2.45, 2.75) is 63.7 Å². The molecule has 7 nitrogen and oxygen atoms in total. The maximum absolute atomic E-state index is 14.3. The molecule has 214 valence electrons. The fraction of sp³-hybridized carbons (Fsp3) is 0.484. The smallest absolute Gasteiger partial charge is 0.321 e. The van der Waals surface area contributed by atoms with Crippen molar-refractivity contribution in [3.63, 3.8) is 0 Å². The number of alkyl halides is 3. The van der Waals surface area contributed by atoms with E-state index < -0.39 is 17.6 Å². The van der Waals surface area contributed by atoms with Crippen molar-refractivity contribution in [1.82, 2.24) is 19.7 Å². The van der Waals surface area contributed by atoms with E-state index in [2.05, 4.69) is 28.1 Å². The number of nitriles is 1. The third-order valence-electron chi connectivity index (χ3n) is 9.08. The van der Waals surface area contributed by atoms with Crippen molar-refractivity contribution in [3.8, 4) is 6.07 Å². The first-order valence-corrected chi connectivity index (χ1v) is 14.2. The molecule has 3 aromatic rings. The molecule has 3 aliphatic rings. The predicted molar refractivity (Wildman–Crippen MR) is 147 cm³/mol. The van der Waals surface area contributed by atoms with Gasteiger partial charge >= 0.3 is 6.18 Å². The lowest BCUT2D eigenvalue weighted by molar-refractivity contribution is -0.138. The molecule has 3 heterocycles. The Morgan fingerprint density at radius 3 is 2.68 bits per heavy atom. The summed E-state index contributed by atoms with van der Waals surface area (Å²) in [7, 11) is 1.87. The molecule has 0 N–H and O–H groups in total. The number of anilines is 1. The number of carbonyl (C=O) groups excluding carboxylic acids is 1. The number of amides is 1. The van der Waals surface area contributed by atoms with E-state index in [4.69, 9.17) is 0 Å². The molecule has 2 fully saturated rings. The summed E-state index contributed by atoms with van der Waals surface area (Å²) in [6.45, 7) is 4.11. The SMILES string of the molecule is C[C@H]1CCCN(Cc2cc3c(c(C(F)(F)F)c2)CN(c2cccc(C4(Cc5nncn5C)CC(C#N)C4)c2)C3=O)C1. The maximum atomic E-state index is 14.3. The van der Waals surface area contributed by atoms with Gasteiger partial charge in [-0.1, -0.05) is 19.1 Å². The Morgan fingerprint density at radius 1 is 1.20 bits per heavy atom. The van der Waals surface area contributed by atoms with Crippen molar-refractivity contribution in [3.05, 3.63) is 76.4 Å². The van der Waals surface area contributed by atoms with Crippen molar-refractivity contribution >= 4 is 11.6 Å². The zero-order valence-corrected chi connectivity index (χ0v) is 23.3. The predicted octanol–water partition coefficient (Wildman–Crippen LogP) is 5.64. The number of aromatic nitrogens is 3. The van der Waals surface area contributed by atoms with Gasteiger partial charge in [0.2, 0.25) is 0 Å². The van der Waals surface area contributed by atoms with Gasteiger partial charge in [0, 0.05) is 49.1 Å². The summed E-state index contributed by atoms with van der Waals surface area (Å²) in [6.07, 6.45) is 1.09. The van der Waals surface area contributed by atoms with E-state index in [9.17, 15) is 23.2 Å². The molecule has 41 heavy (non-hydrogen) atoms. The number of fused-ring (bicyclic) bond motifs is 1. The average Bonchev–Trinajstić information content (AvgIpc) is 3.47. The first-order valence-electron chi connectivity index (χ1n) is 14.2. The number of nitrogens with zero attached hydrogens (tertiary/aromatic N) is 6. The first-order chi connectivity index (χ1) is 19.6. The van der Waals surface area contributed by atoms with E-state index in [0.717, 1.165) is 37.3 Å². The molecule has 1 aromatic heterocycles. The lowest BCUT2D eigenvalue weighted by atomic mass is 9.57. The molecule has 2 aliphatic heterocycles. The second-order valence-corrected chi connectivity index (χ2v) is 12.1. The number of aryl methyl sites for hydroxylation is 1. The van der Waals surface area contributed by atoms with E-state index in [1.807, 2.05) is 29.8 Å². The van der Waals surface area contributed by atoms with Crippen LogP contribution in [-0.4, -0.2) is 38.7 Å². The highest BCUT2D eigenvalue weighted by Crippen LogP contribution is 2.50. The molecule has 1 saturated carbocycles. The minimum absolute atomic E-state index is 0.0330. The summed E-state index contributed by atoms with van der Waals surface area (Å²) in [4.78, 5) is 17.3. The molecular formula is C31H33F3N6O. The fourth-order valence-electron chi connectivity index (χ4n) is 6.94. The largest absolute Gasteiger partial charge is 0.416 e. The van der Waals surface area contributed by atoms with Gasteiger partial charge in [-0.3, -0.25) is 9.69 Å². The van der Waals surface area contributed by atoms with Crippen molar-refractivity contribution in [2.75, 3.05) is 18.0 Å². The van der Waals surface area contributed by atoms with Crippen LogP contribution in [0.1, 0.15) is 71.0 Å². The van der Waals surface area contributed by atoms with Crippen LogP contribution in [0, 0.1) is 23.2 Å². The third kappa shape index (κ3) is 5.12. The Bertz CT molecular complexity index is 1520. The van der Waals surface area contributed by atoms with E-state index >= 15 is 0 Å². The second-order valence-electron chi connectivity index (χ2n) is 12.1. The zero-order chi connectivity index (χ0) is 28.9. The van der Waals surface area contributed by atoms with Crippen LogP contribution in [0.15, 0.2) is 42.7 Å². The van der Waals surface area contributed by atoms with E-state index in [1.165, 1.54) is 11.0 Å². The highest BCUT2D eigenvalue weighted by atomic mass is 19.4. The van der Waals surface area contributed by atoms with Crippen LogP contribution in [-0.2, 0) is 38.1 Å². The summed E-state index contributed by atoms with van der Waals surface area (Å²) < 4.78 is 44.7. The quantitative estimate of drug-likeness (QED) is 0.389. The van der Waals surface area contributed by atoms with E-state index in [1.54, 1.807) is 18.5 Å². The van der Waals surface area contributed by atoms with Crippen molar-refractivity contribution < 1.29 is 18.0 Å². The Balaban J connectivity index is 1.32. The molecule has 2 aromatic carbocycles. The monoisotopic (exact) mass is 562 g/mol. The van der Waals surface area contributed by atoms with Crippen LogP contribution in [0.5, 0.6) is 0 Å². The minimum atomic E-state index is -4.56. The third-order valence-corrected chi connectivity index (χ3v) is 9.08. The van der Waals surface area contributed by atoms with Gasteiger partial charge < -0.3 is 9.47 Å². The standard InChI is InChI=1S/C31H33F3N6O/c1-20-5-4-8-39(16-20)17-21-9-25-26(27(10-21)31(32,33)34)18-40(29(25)41)24-7-3-6-23(11-24)30(12-22(13-30)15-35)14-28-37-36-19-38(28)2/h3,6-7,9-11,19-20,22H,4-5,8,12-14,16-18H2,1-2H3/t20-,22?,30?/m0/s1. The van der Waals surface area contributed by atoms with Crippen LogP contribution in [0.3, 0.4) is 0 Å². The molecule has 0 radical (unpaired) electrons. The highest BCUT2D eigenvalue weighted by Gasteiger charge is 2.47. The summed E-state index contributed by atoms with van der Waals surface area (Å²) >= 11 is 0. The van der Waals surface area contributed by atoms with Crippen molar-refractivity contribution in [1.29, 1.82) is 5.26 Å². The normalized spacial score (nSPS) is 24.7.